The molecule has 0 aliphatic carbocycles. The van der Waals surface area contributed by atoms with Crippen molar-refractivity contribution in [1.82, 2.24) is 15.2 Å². The van der Waals surface area contributed by atoms with E-state index in [9.17, 15) is 9.59 Å². The van der Waals surface area contributed by atoms with Crippen molar-refractivity contribution in [3.63, 3.8) is 0 Å². The Labute approximate surface area is 146 Å². The molecule has 6 nitrogen and oxygen atoms in total. The molecule has 1 aliphatic heterocycles. The Balaban J connectivity index is 1.51. The summed E-state index contributed by atoms with van der Waals surface area (Å²) in [5, 5.41) is 2.88. The van der Waals surface area contributed by atoms with Gasteiger partial charge in [0, 0.05) is 38.8 Å². The number of hydrogen-bond donors (Lipinski definition) is 1. The van der Waals surface area contributed by atoms with Gasteiger partial charge in [-0.1, -0.05) is 30.3 Å². The normalized spacial score (nSPS) is 16.8. The zero-order valence-electron chi connectivity index (χ0n) is 14.1. The second-order valence-electron chi connectivity index (χ2n) is 6.17. The van der Waals surface area contributed by atoms with Crippen LogP contribution in [0, 0.1) is 5.92 Å². The molecule has 1 N–H and O–H groups in total. The van der Waals surface area contributed by atoms with E-state index >= 15 is 0 Å². The van der Waals surface area contributed by atoms with Crippen LogP contribution in [0.3, 0.4) is 0 Å². The summed E-state index contributed by atoms with van der Waals surface area (Å²) in [5.41, 5.74) is 1.97. The van der Waals surface area contributed by atoms with E-state index in [4.69, 9.17) is 4.74 Å². The topological polar surface area (TPSA) is 71.5 Å². The molecule has 0 spiro atoms. The molecule has 0 bridgehead atoms. The van der Waals surface area contributed by atoms with Crippen LogP contribution in [0.5, 0.6) is 5.88 Å². The number of pyridine rings is 1. The van der Waals surface area contributed by atoms with Gasteiger partial charge in [0.05, 0.1) is 5.92 Å². The van der Waals surface area contributed by atoms with E-state index in [0.29, 0.717) is 25.6 Å². The van der Waals surface area contributed by atoms with Crippen LogP contribution in [0.2, 0.25) is 0 Å². The number of rotatable bonds is 6. The van der Waals surface area contributed by atoms with Gasteiger partial charge in [-0.05, 0) is 17.2 Å². The largest absolute Gasteiger partial charge is 0.473 e. The van der Waals surface area contributed by atoms with Crippen LogP contribution in [0.1, 0.15) is 17.5 Å². The van der Waals surface area contributed by atoms with Gasteiger partial charge >= 0.3 is 0 Å². The molecular weight excluding hydrogens is 318 g/mol. The van der Waals surface area contributed by atoms with E-state index in [2.05, 4.69) is 10.3 Å². The Morgan fingerprint density at radius 2 is 2.08 bits per heavy atom. The first-order chi connectivity index (χ1) is 12.1. The van der Waals surface area contributed by atoms with Gasteiger partial charge in [0.2, 0.25) is 17.7 Å². The molecule has 1 atom stereocenters. The first-order valence-electron chi connectivity index (χ1n) is 8.25. The van der Waals surface area contributed by atoms with Crippen molar-refractivity contribution in [2.24, 2.45) is 5.92 Å². The third-order valence-corrected chi connectivity index (χ3v) is 4.21. The molecule has 0 radical (unpaired) electrons. The van der Waals surface area contributed by atoms with Crippen molar-refractivity contribution in [3.05, 3.63) is 59.8 Å². The van der Waals surface area contributed by atoms with Crippen molar-refractivity contribution < 1.29 is 14.3 Å². The lowest BCUT2D eigenvalue weighted by Gasteiger charge is -2.11. The summed E-state index contributed by atoms with van der Waals surface area (Å²) in [6.07, 6.45) is 1.94. The molecular formula is C19H21N3O3. The van der Waals surface area contributed by atoms with Crippen LogP contribution in [0.25, 0.3) is 0 Å². The predicted molar refractivity (Wildman–Crippen MR) is 92.6 cm³/mol. The lowest BCUT2D eigenvalue weighted by Crippen LogP contribution is -2.31. The number of hydrogen-bond acceptors (Lipinski definition) is 4. The molecule has 130 valence electrons. The molecule has 3 rings (SSSR count). The number of nitrogens with zero attached hydrogens (tertiary/aromatic N) is 2. The fraction of sp³-hybridized carbons (Fsp3) is 0.316. The van der Waals surface area contributed by atoms with Gasteiger partial charge in [-0.25, -0.2) is 4.98 Å². The number of ether oxygens (including phenoxy) is 1. The summed E-state index contributed by atoms with van der Waals surface area (Å²) in [6.45, 7) is 1.31. The standard InChI is InChI=1S/C19H21N3O3/c1-22-12-16(10-18(22)23)19(24)21-11-15-7-8-20-17(9-15)25-13-14-5-3-2-4-6-14/h2-9,16H,10-13H2,1H3,(H,21,24). The Morgan fingerprint density at radius 1 is 1.28 bits per heavy atom. The lowest BCUT2D eigenvalue weighted by atomic mass is 10.1. The summed E-state index contributed by atoms with van der Waals surface area (Å²) >= 11 is 0. The quantitative estimate of drug-likeness (QED) is 0.870. The summed E-state index contributed by atoms with van der Waals surface area (Å²) in [5.74, 6) is 0.168. The minimum Gasteiger partial charge on any atom is -0.473 e. The summed E-state index contributed by atoms with van der Waals surface area (Å²) in [4.78, 5) is 29.5. The summed E-state index contributed by atoms with van der Waals surface area (Å²) in [6, 6.07) is 13.5. The lowest BCUT2D eigenvalue weighted by molar-refractivity contribution is -0.128. The van der Waals surface area contributed by atoms with Crippen LogP contribution < -0.4 is 10.1 Å². The average Bonchev–Trinajstić information content (AvgIpc) is 2.98. The SMILES string of the molecule is CN1CC(C(=O)NCc2ccnc(OCc3ccccc3)c2)CC1=O. The van der Waals surface area contributed by atoms with Crippen LogP contribution >= 0.6 is 0 Å². The predicted octanol–water partition coefficient (Wildman–Crippen LogP) is 1.76. The Morgan fingerprint density at radius 3 is 2.80 bits per heavy atom. The molecule has 0 saturated carbocycles. The highest BCUT2D eigenvalue weighted by Gasteiger charge is 2.31. The van der Waals surface area contributed by atoms with Crippen molar-refractivity contribution >= 4 is 11.8 Å². The van der Waals surface area contributed by atoms with E-state index in [1.54, 1.807) is 18.1 Å². The van der Waals surface area contributed by atoms with E-state index in [0.717, 1.165) is 11.1 Å². The number of carbonyl (C=O) groups is 2. The van der Waals surface area contributed by atoms with Crippen molar-refractivity contribution in [2.75, 3.05) is 13.6 Å². The molecule has 1 aromatic heterocycles. The molecule has 2 amide bonds. The van der Waals surface area contributed by atoms with Gasteiger partial charge in [0.1, 0.15) is 6.61 Å². The first-order valence-corrected chi connectivity index (χ1v) is 8.25. The Kier molecular flexibility index (Phi) is 5.28. The molecule has 1 saturated heterocycles. The summed E-state index contributed by atoms with van der Waals surface area (Å²) < 4.78 is 5.69. The Hall–Kier alpha value is -2.89. The van der Waals surface area contributed by atoms with Crippen LogP contribution in [0.15, 0.2) is 48.7 Å². The van der Waals surface area contributed by atoms with Crippen molar-refractivity contribution in [3.8, 4) is 5.88 Å². The van der Waals surface area contributed by atoms with Crippen molar-refractivity contribution in [1.29, 1.82) is 0 Å². The van der Waals surface area contributed by atoms with Crippen LogP contribution in [0.4, 0.5) is 0 Å². The number of nitrogens with one attached hydrogen (secondary N) is 1. The van der Waals surface area contributed by atoms with E-state index in [1.807, 2.05) is 42.5 Å². The van der Waals surface area contributed by atoms with Gasteiger partial charge in [0.15, 0.2) is 0 Å². The number of carbonyl (C=O) groups excluding carboxylic acids is 2. The molecule has 6 heteroatoms. The van der Waals surface area contributed by atoms with Crippen LogP contribution in [-0.4, -0.2) is 35.3 Å². The third-order valence-electron chi connectivity index (χ3n) is 4.21. The zero-order valence-corrected chi connectivity index (χ0v) is 14.1. The minimum absolute atomic E-state index is 0.0145. The van der Waals surface area contributed by atoms with E-state index < -0.39 is 0 Å². The van der Waals surface area contributed by atoms with Gasteiger partial charge in [0.25, 0.3) is 0 Å². The smallest absolute Gasteiger partial charge is 0.225 e. The highest BCUT2D eigenvalue weighted by atomic mass is 16.5. The number of aromatic nitrogens is 1. The van der Waals surface area contributed by atoms with E-state index in [1.165, 1.54) is 0 Å². The van der Waals surface area contributed by atoms with Crippen LogP contribution in [-0.2, 0) is 22.7 Å². The minimum atomic E-state index is -0.270. The second-order valence-corrected chi connectivity index (χ2v) is 6.17. The number of amides is 2. The molecule has 1 aromatic carbocycles. The van der Waals surface area contributed by atoms with Gasteiger partial charge in [-0.3, -0.25) is 9.59 Å². The van der Waals surface area contributed by atoms with E-state index in [-0.39, 0.29) is 24.2 Å². The summed E-state index contributed by atoms with van der Waals surface area (Å²) in [7, 11) is 1.72. The van der Waals surface area contributed by atoms with Gasteiger partial charge in [-0.2, -0.15) is 0 Å². The number of benzene rings is 1. The monoisotopic (exact) mass is 339 g/mol. The van der Waals surface area contributed by atoms with Crippen molar-refractivity contribution in [2.45, 2.75) is 19.6 Å². The first kappa shape index (κ1) is 17.0. The zero-order chi connectivity index (χ0) is 17.6. The molecule has 2 heterocycles. The maximum Gasteiger partial charge on any atom is 0.225 e. The Bertz CT molecular complexity index is 749. The fourth-order valence-corrected chi connectivity index (χ4v) is 2.74. The second kappa shape index (κ2) is 7.79. The molecule has 2 aromatic rings. The number of likely N-dealkylation sites (tertiary alicyclic amines) is 1. The fourth-order valence-electron chi connectivity index (χ4n) is 2.74. The maximum atomic E-state index is 12.2. The molecule has 1 fully saturated rings. The molecule has 25 heavy (non-hydrogen) atoms. The van der Waals surface area contributed by atoms with Gasteiger partial charge in [-0.15, -0.1) is 0 Å². The third kappa shape index (κ3) is 4.56. The highest BCUT2D eigenvalue weighted by molar-refractivity contribution is 5.89. The molecule has 1 aliphatic rings. The molecule has 1 unspecified atom stereocenters. The average molecular weight is 339 g/mol. The highest BCUT2D eigenvalue weighted by Crippen LogP contribution is 2.16. The van der Waals surface area contributed by atoms with Gasteiger partial charge < -0.3 is 15.0 Å². The maximum absolute atomic E-state index is 12.2.